The average molecular weight is 212 g/mol. The molecule has 59 valence electrons. The van der Waals surface area contributed by atoms with Crippen molar-refractivity contribution in [3.8, 4) is 0 Å². The van der Waals surface area contributed by atoms with Crippen LogP contribution in [-0.2, 0) is 5.41 Å². The molecule has 1 aromatic carbocycles. The summed E-state index contributed by atoms with van der Waals surface area (Å²) in [5.41, 5.74) is 1.55. The summed E-state index contributed by atoms with van der Waals surface area (Å²) in [6, 6.07) is 9.04. The molecule has 1 aromatic rings. The van der Waals surface area contributed by atoms with E-state index in [1.54, 1.807) is 0 Å². The maximum atomic E-state index is 3.50. The normalized spacial score (nSPS) is 11.6. The van der Waals surface area contributed by atoms with Crippen LogP contribution in [0.15, 0.2) is 22.7 Å². The third-order valence-corrected chi connectivity index (χ3v) is 2.28. The van der Waals surface area contributed by atoms with E-state index in [2.05, 4.69) is 48.8 Å². The third kappa shape index (κ3) is 2.06. The zero-order valence-corrected chi connectivity index (χ0v) is 8.70. The average Bonchev–Trinajstić information content (AvgIpc) is 1.86. The highest BCUT2D eigenvalue weighted by Gasteiger charge is 2.15. The molecule has 0 aliphatic rings. The first-order valence-electron chi connectivity index (χ1n) is 3.68. The Hall–Kier alpha value is -0.300. The Morgan fingerprint density at radius 2 is 2.00 bits per heavy atom. The van der Waals surface area contributed by atoms with Gasteiger partial charge in [-0.3, -0.25) is 0 Å². The molecular weight excluding hydrogens is 200 g/mol. The molecule has 0 aliphatic heterocycles. The van der Waals surface area contributed by atoms with Crippen molar-refractivity contribution >= 4 is 15.9 Å². The van der Waals surface area contributed by atoms with E-state index in [1.165, 1.54) is 5.56 Å². The number of hydrogen-bond acceptors (Lipinski definition) is 0. The Kier molecular flexibility index (Phi) is 2.38. The smallest absolute Gasteiger partial charge is 0.0218 e. The van der Waals surface area contributed by atoms with Gasteiger partial charge in [-0.1, -0.05) is 48.8 Å². The molecule has 0 bridgehead atoms. The van der Waals surface area contributed by atoms with Crippen LogP contribution in [0.1, 0.15) is 26.3 Å². The molecule has 0 spiro atoms. The standard InChI is InChI=1S/C10H12Br/c1-10(2,3)8-6-4-5-7-9(8)11/h4,6-7H,1-3H3. The Balaban J connectivity index is 3.14. The van der Waals surface area contributed by atoms with Gasteiger partial charge in [0.25, 0.3) is 0 Å². The molecule has 0 atom stereocenters. The fourth-order valence-corrected chi connectivity index (χ4v) is 1.88. The predicted octanol–water partition coefficient (Wildman–Crippen LogP) is 3.55. The molecule has 0 fully saturated rings. The summed E-state index contributed by atoms with van der Waals surface area (Å²) in [5, 5.41) is 0. The van der Waals surface area contributed by atoms with Crippen molar-refractivity contribution in [2.24, 2.45) is 0 Å². The van der Waals surface area contributed by atoms with Gasteiger partial charge in [-0.15, -0.1) is 0 Å². The molecule has 1 heteroatoms. The summed E-state index contributed by atoms with van der Waals surface area (Å²) in [6.45, 7) is 6.60. The SMILES string of the molecule is CC(C)(C)c1cc[c]cc1Br. The van der Waals surface area contributed by atoms with Crippen molar-refractivity contribution in [3.63, 3.8) is 0 Å². The minimum atomic E-state index is 0.216. The van der Waals surface area contributed by atoms with Gasteiger partial charge in [0.05, 0.1) is 0 Å². The van der Waals surface area contributed by atoms with E-state index in [9.17, 15) is 0 Å². The van der Waals surface area contributed by atoms with Crippen LogP contribution in [0.25, 0.3) is 0 Å². The minimum absolute atomic E-state index is 0.216. The molecular formula is C10H12Br. The second-order valence-corrected chi connectivity index (χ2v) is 4.51. The third-order valence-electron chi connectivity index (χ3n) is 1.62. The zero-order valence-electron chi connectivity index (χ0n) is 7.11. The molecule has 0 amide bonds. The van der Waals surface area contributed by atoms with Gasteiger partial charge in [0, 0.05) is 4.47 Å². The van der Waals surface area contributed by atoms with Gasteiger partial charge in [-0.2, -0.15) is 0 Å². The first kappa shape index (κ1) is 8.79. The van der Waals surface area contributed by atoms with Gasteiger partial charge in [0.2, 0.25) is 0 Å². The lowest BCUT2D eigenvalue weighted by Crippen LogP contribution is -2.11. The van der Waals surface area contributed by atoms with E-state index in [4.69, 9.17) is 0 Å². The Labute approximate surface area is 76.8 Å². The second kappa shape index (κ2) is 2.98. The van der Waals surface area contributed by atoms with Gasteiger partial charge < -0.3 is 0 Å². The predicted molar refractivity (Wildman–Crippen MR) is 51.7 cm³/mol. The molecule has 0 saturated heterocycles. The van der Waals surface area contributed by atoms with E-state index in [0.717, 1.165) is 4.47 Å². The van der Waals surface area contributed by atoms with Crippen molar-refractivity contribution in [3.05, 3.63) is 34.3 Å². The first-order chi connectivity index (χ1) is 5.02. The maximum absolute atomic E-state index is 3.50. The minimum Gasteiger partial charge on any atom is -0.0568 e. The summed E-state index contributed by atoms with van der Waals surface area (Å²) >= 11 is 3.50. The van der Waals surface area contributed by atoms with Gasteiger partial charge in [-0.05, 0) is 23.1 Å². The lowest BCUT2D eigenvalue weighted by atomic mass is 9.87. The molecule has 0 heterocycles. The van der Waals surface area contributed by atoms with Crippen LogP contribution < -0.4 is 0 Å². The fraction of sp³-hybridized carbons (Fsp3) is 0.400. The number of benzene rings is 1. The molecule has 0 aromatic heterocycles. The van der Waals surface area contributed by atoms with Crippen molar-refractivity contribution in [2.45, 2.75) is 26.2 Å². The lowest BCUT2D eigenvalue weighted by molar-refractivity contribution is 0.587. The van der Waals surface area contributed by atoms with Gasteiger partial charge in [0.1, 0.15) is 0 Å². The summed E-state index contributed by atoms with van der Waals surface area (Å²) in [5.74, 6) is 0. The summed E-state index contributed by atoms with van der Waals surface area (Å²) < 4.78 is 1.15. The molecule has 0 aliphatic carbocycles. The monoisotopic (exact) mass is 211 g/mol. The fourth-order valence-electron chi connectivity index (χ4n) is 1.02. The highest BCUT2D eigenvalue weighted by Crippen LogP contribution is 2.28. The van der Waals surface area contributed by atoms with Crippen LogP contribution in [0.5, 0.6) is 0 Å². The van der Waals surface area contributed by atoms with Crippen molar-refractivity contribution in [1.29, 1.82) is 0 Å². The summed E-state index contributed by atoms with van der Waals surface area (Å²) in [6.07, 6.45) is 0. The van der Waals surface area contributed by atoms with E-state index < -0.39 is 0 Å². The van der Waals surface area contributed by atoms with E-state index in [-0.39, 0.29) is 5.41 Å². The molecule has 1 radical (unpaired) electrons. The van der Waals surface area contributed by atoms with Gasteiger partial charge >= 0.3 is 0 Å². The second-order valence-electron chi connectivity index (χ2n) is 3.66. The highest BCUT2D eigenvalue weighted by molar-refractivity contribution is 9.10. The van der Waals surface area contributed by atoms with Gasteiger partial charge in [-0.25, -0.2) is 0 Å². The lowest BCUT2D eigenvalue weighted by Gasteiger charge is -2.20. The highest BCUT2D eigenvalue weighted by atomic mass is 79.9. The van der Waals surface area contributed by atoms with Gasteiger partial charge in [0.15, 0.2) is 0 Å². The van der Waals surface area contributed by atoms with E-state index in [0.29, 0.717) is 0 Å². The largest absolute Gasteiger partial charge is 0.0568 e. The molecule has 0 N–H and O–H groups in total. The van der Waals surface area contributed by atoms with E-state index >= 15 is 0 Å². The zero-order chi connectivity index (χ0) is 8.48. The Bertz CT molecular complexity index is 245. The van der Waals surface area contributed by atoms with Crippen molar-refractivity contribution < 1.29 is 0 Å². The van der Waals surface area contributed by atoms with Crippen LogP contribution in [0.3, 0.4) is 0 Å². The van der Waals surface area contributed by atoms with Crippen LogP contribution in [0, 0.1) is 6.07 Å². The maximum Gasteiger partial charge on any atom is 0.0218 e. The van der Waals surface area contributed by atoms with E-state index in [1.807, 2.05) is 12.1 Å². The molecule has 0 unspecified atom stereocenters. The first-order valence-corrected chi connectivity index (χ1v) is 4.47. The van der Waals surface area contributed by atoms with Crippen LogP contribution in [0.2, 0.25) is 0 Å². The molecule has 1 rings (SSSR count). The molecule has 0 nitrogen and oxygen atoms in total. The Morgan fingerprint density at radius 3 is 2.36 bits per heavy atom. The molecule has 0 saturated carbocycles. The molecule has 11 heavy (non-hydrogen) atoms. The van der Waals surface area contributed by atoms with Crippen LogP contribution in [-0.4, -0.2) is 0 Å². The van der Waals surface area contributed by atoms with Crippen molar-refractivity contribution in [2.75, 3.05) is 0 Å². The van der Waals surface area contributed by atoms with Crippen molar-refractivity contribution in [1.82, 2.24) is 0 Å². The number of hydrogen-bond donors (Lipinski definition) is 0. The topological polar surface area (TPSA) is 0 Å². The number of rotatable bonds is 0. The summed E-state index contributed by atoms with van der Waals surface area (Å²) in [7, 11) is 0. The van der Waals surface area contributed by atoms with Crippen LogP contribution in [0.4, 0.5) is 0 Å². The Morgan fingerprint density at radius 1 is 1.36 bits per heavy atom. The summed E-state index contributed by atoms with van der Waals surface area (Å²) in [4.78, 5) is 0. The number of halogens is 1. The quantitative estimate of drug-likeness (QED) is 0.616. The van der Waals surface area contributed by atoms with Crippen LogP contribution >= 0.6 is 15.9 Å².